The van der Waals surface area contributed by atoms with E-state index in [2.05, 4.69) is 5.32 Å². The Morgan fingerprint density at radius 1 is 1.00 bits per heavy atom. The van der Waals surface area contributed by atoms with Crippen LogP contribution in [0, 0.1) is 11.7 Å². The average molecular weight is 576 g/mol. The van der Waals surface area contributed by atoms with Gasteiger partial charge in [0.15, 0.2) is 0 Å². The van der Waals surface area contributed by atoms with Crippen LogP contribution < -0.4 is 10.2 Å². The molecule has 0 heterocycles. The Kier molecular flexibility index (Phi) is 7.49. The van der Waals surface area contributed by atoms with Crippen molar-refractivity contribution in [3.05, 3.63) is 93.2 Å². The van der Waals surface area contributed by atoms with Crippen LogP contribution in [0.3, 0.4) is 0 Å². The van der Waals surface area contributed by atoms with Crippen LogP contribution >= 0.6 is 46.4 Å². The van der Waals surface area contributed by atoms with Gasteiger partial charge in [-0.25, -0.2) is 13.2 Å². The van der Waals surface area contributed by atoms with Gasteiger partial charge in [-0.05, 0) is 66.2 Å². The number of carbonyl (C=O) groups is 2. The summed E-state index contributed by atoms with van der Waals surface area (Å²) in [7, 11) is 1.50. The summed E-state index contributed by atoms with van der Waals surface area (Å²) in [6.45, 7) is 0. The number of rotatable bonds is 6. The van der Waals surface area contributed by atoms with Crippen LogP contribution in [0.1, 0.15) is 33.8 Å². The molecule has 0 radical (unpaired) electrons. The number of nitrogens with zero attached hydrogens (tertiary/aromatic N) is 1. The van der Waals surface area contributed by atoms with E-state index in [-0.39, 0.29) is 26.9 Å². The maximum Gasteiger partial charge on any atom is 0.263 e. The Balaban J connectivity index is 1.54. The molecule has 0 saturated heterocycles. The smallest absolute Gasteiger partial charge is 0.263 e. The number of anilines is 2. The fourth-order valence-corrected chi connectivity index (χ4v) is 5.24. The minimum atomic E-state index is -2.76. The molecule has 11 heteroatoms. The lowest BCUT2D eigenvalue weighted by Gasteiger charge is -2.18. The Morgan fingerprint density at radius 2 is 1.67 bits per heavy atom. The molecule has 2 amide bonds. The maximum atomic E-state index is 13.2. The van der Waals surface area contributed by atoms with Crippen LogP contribution in [-0.4, -0.2) is 23.2 Å². The topological polar surface area (TPSA) is 49.4 Å². The molecule has 0 spiro atoms. The monoisotopic (exact) mass is 574 g/mol. The largest absolute Gasteiger partial charge is 0.326 e. The lowest BCUT2D eigenvalue weighted by Crippen LogP contribution is -2.26. The normalized spacial score (nSPS) is 18.1. The highest BCUT2D eigenvalue weighted by atomic mass is 35.5. The van der Waals surface area contributed by atoms with E-state index in [1.165, 1.54) is 66.5 Å². The van der Waals surface area contributed by atoms with Crippen LogP contribution in [0.2, 0.25) is 10.0 Å². The van der Waals surface area contributed by atoms with Gasteiger partial charge in [-0.1, -0.05) is 23.2 Å². The molecular formula is C25H17Cl4F3N2O2. The Bertz CT molecular complexity index is 1340. The van der Waals surface area contributed by atoms with Gasteiger partial charge in [0.2, 0.25) is 5.91 Å². The quantitative estimate of drug-likeness (QED) is 0.304. The Hall–Kier alpha value is -2.45. The minimum absolute atomic E-state index is 0.0733. The van der Waals surface area contributed by atoms with Crippen molar-refractivity contribution in [1.29, 1.82) is 0 Å². The summed E-state index contributed by atoms with van der Waals surface area (Å²) in [4.78, 5) is 27.3. The van der Waals surface area contributed by atoms with E-state index < -0.39 is 40.2 Å². The van der Waals surface area contributed by atoms with E-state index in [0.717, 1.165) is 6.07 Å². The molecule has 36 heavy (non-hydrogen) atoms. The maximum absolute atomic E-state index is 13.2. The first kappa shape index (κ1) is 26.6. The molecule has 1 N–H and O–H groups in total. The highest BCUT2D eigenvalue weighted by molar-refractivity contribution is 6.53. The van der Waals surface area contributed by atoms with Gasteiger partial charge < -0.3 is 10.2 Å². The molecule has 1 saturated carbocycles. The van der Waals surface area contributed by atoms with Gasteiger partial charge in [-0.15, -0.1) is 23.2 Å². The molecule has 1 fully saturated rings. The first-order valence-corrected chi connectivity index (χ1v) is 12.0. The molecule has 188 valence electrons. The summed E-state index contributed by atoms with van der Waals surface area (Å²) < 4.78 is 38.1. The molecule has 0 aromatic heterocycles. The second-order valence-electron chi connectivity index (χ2n) is 8.27. The van der Waals surface area contributed by atoms with E-state index in [9.17, 15) is 22.8 Å². The number of carbonyl (C=O) groups excluding carboxylic acids is 2. The van der Waals surface area contributed by atoms with E-state index in [1.807, 2.05) is 0 Å². The van der Waals surface area contributed by atoms with Crippen LogP contribution in [-0.2, 0) is 4.79 Å². The van der Waals surface area contributed by atoms with Crippen molar-refractivity contribution in [3.8, 4) is 0 Å². The number of hydrogen-bond donors (Lipinski definition) is 1. The van der Waals surface area contributed by atoms with Crippen molar-refractivity contribution in [2.75, 3.05) is 17.3 Å². The van der Waals surface area contributed by atoms with Crippen LogP contribution in [0.4, 0.5) is 24.5 Å². The van der Waals surface area contributed by atoms with Crippen molar-refractivity contribution in [3.63, 3.8) is 0 Å². The molecule has 1 aliphatic carbocycles. The van der Waals surface area contributed by atoms with Gasteiger partial charge in [0, 0.05) is 34.9 Å². The minimum Gasteiger partial charge on any atom is -0.326 e. The molecule has 0 aliphatic heterocycles. The molecule has 3 aromatic carbocycles. The Morgan fingerprint density at radius 3 is 2.31 bits per heavy atom. The summed E-state index contributed by atoms with van der Waals surface area (Å²) in [5.74, 6) is -3.24. The van der Waals surface area contributed by atoms with Crippen molar-refractivity contribution in [1.82, 2.24) is 0 Å². The number of alkyl halides is 4. The van der Waals surface area contributed by atoms with Gasteiger partial charge in [0.05, 0.1) is 16.5 Å². The molecule has 4 rings (SSSR count). The van der Waals surface area contributed by atoms with Crippen LogP contribution in [0.5, 0.6) is 0 Å². The number of amides is 2. The predicted molar refractivity (Wildman–Crippen MR) is 136 cm³/mol. The van der Waals surface area contributed by atoms with Crippen molar-refractivity contribution in [2.45, 2.75) is 16.7 Å². The zero-order valence-electron chi connectivity index (χ0n) is 18.4. The first-order chi connectivity index (χ1) is 16.9. The average Bonchev–Trinajstić information content (AvgIpc) is 3.41. The number of hydrogen-bond acceptors (Lipinski definition) is 2. The molecule has 0 bridgehead atoms. The SMILES string of the molecule is CN(C(=O)c1cc(NC(=O)[C@H]2[C@H](c3cc(Cl)cc(C(F)F)c3)C2(Cl)Cl)ccc1Cl)c1ccc(F)cc1. The predicted octanol–water partition coefficient (Wildman–Crippen LogP) is 7.87. The lowest BCUT2D eigenvalue weighted by molar-refractivity contribution is -0.117. The van der Waals surface area contributed by atoms with E-state index in [0.29, 0.717) is 11.3 Å². The van der Waals surface area contributed by atoms with Gasteiger partial charge in [0.1, 0.15) is 10.2 Å². The first-order valence-electron chi connectivity index (χ1n) is 10.5. The summed E-state index contributed by atoms with van der Waals surface area (Å²) >= 11 is 24.9. The van der Waals surface area contributed by atoms with Crippen molar-refractivity contribution < 1.29 is 22.8 Å². The second-order valence-corrected chi connectivity index (χ2v) is 10.6. The van der Waals surface area contributed by atoms with E-state index in [4.69, 9.17) is 46.4 Å². The van der Waals surface area contributed by atoms with Crippen molar-refractivity contribution >= 4 is 69.6 Å². The third-order valence-corrected chi connectivity index (χ3v) is 7.36. The zero-order chi connectivity index (χ0) is 26.4. The summed E-state index contributed by atoms with van der Waals surface area (Å²) in [6.07, 6.45) is -2.76. The summed E-state index contributed by atoms with van der Waals surface area (Å²) in [5.41, 5.74) is 0.781. The van der Waals surface area contributed by atoms with Gasteiger partial charge >= 0.3 is 0 Å². The number of halogens is 7. The molecule has 2 atom stereocenters. The fraction of sp³-hybridized carbons (Fsp3) is 0.200. The number of nitrogens with one attached hydrogen (secondary N) is 1. The molecule has 1 aliphatic rings. The Labute approximate surface area is 224 Å². The standard InChI is InChI=1S/C25H17Cl4F3N2O2/c1-34(17-5-2-15(30)3-6-17)24(36)18-11-16(4-7-19(18)27)33-23(35)21-20(25(21,28)29)12-8-13(22(31)32)10-14(26)9-12/h2-11,20-22H,1H3,(H,33,35)/t20-,21+/m0/s1. The van der Waals surface area contributed by atoms with Crippen LogP contribution in [0.15, 0.2) is 60.7 Å². The summed E-state index contributed by atoms with van der Waals surface area (Å²) in [6, 6.07) is 13.4. The van der Waals surface area contributed by atoms with Gasteiger partial charge in [0.25, 0.3) is 12.3 Å². The van der Waals surface area contributed by atoms with Crippen molar-refractivity contribution in [2.24, 2.45) is 5.92 Å². The molecule has 4 nitrogen and oxygen atoms in total. The highest BCUT2D eigenvalue weighted by Crippen LogP contribution is 2.65. The molecular weight excluding hydrogens is 559 g/mol. The van der Waals surface area contributed by atoms with E-state index in [1.54, 1.807) is 0 Å². The van der Waals surface area contributed by atoms with Crippen LogP contribution in [0.25, 0.3) is 0 Å². The molecule has 0 unspecified atom stereocenters. The second kappa shape index (κ2) is 10.1. The van der Waals surface area contributed by atoms with Gasteiger partial charge in [-0.3, -0.25) is 9.59 Å². The zero-order valence-corrected chi connectivity index (χ0v) is 21.4. The van der Waals surface area contributed by atoms with E-state index >= 15 is 0 Å². The fourth-order valence-electron chi connectivity index (χ4n) is 3.96. The third-order valence-electron chi connectivity index (χ3n) is 5.87. The van der Waals surface area contributed by atoms with Gasteiger partial charge in [-0.2, -0.15) is 0 Å². The number of benzene rings is 3. The lowest BCUT2D eigenvalue weighted by atomic mass is 10.1. The highest BCUT2D eigenvalue weighted by Gasteiger charge is 2.67. The molecule has 3 aromatic rings. The summed E-state index contributed by atoms with van der Waals surface area (Å²) in [5, 5.41) is 2.86. The third kappa shape index (κ3) is 5.30.